The number of nitrogens with zero attached hydrogens (tertiary/aromatic N) is 1. The second-order valence-electron chi connectivity index (χ2n) is 3.60. The van der Waals surface area contributed by atoms with Crippen molar-refractivity contribution in [3.8, 4) is 0 Å². The molecule has 1 N–H and O–H groups in total. The number of aromatic nitrogens is 1. The van der Waals surface area contributed by atoms with E-state index in [2.05, 4.69) is 42.2 Å². The van der Waals surface area contributed by atoms with Gasteiger partial charge in [0.25, 0.3) is 5.91 Å². The molecule has 0 aliphatic carbocycles. The van der Waals surface area contributed by atoms with Crippen LogP contribution in [0.5, 0.6) is 0 Å². The zero-order valence-electron chi connectivity index (χ0n) is 9.25. The Balaban J connectivity index is 2.28. The highest BCUT2D eigenvalue weighted by molar-refractivity contribution is 9.10. The zero-order valence-corrected chi connectivity index (χ0v) is 13.9. The third kappa shape index (κ3) is 3.92. The van der Waals surface area contributed by atoms with Gasteiger partial charge in [0.15, 0.2) is 5.15 Å². The molecule has 2 aromatic rings. The Morgan fingerprint density at radius 2 is 1.84 bits per heavy atom. The summed E-state index contributed by atoms with van der Waals surface area (Å²) in [5, 5.41) is 3.37. The van der Waals surface area contributed by atoms with E-state index in [0.29, 0.717) is 16.3 Å². The topological polar surface area (TPSA) is 42.0 Å². The number of hydrogen-bond acceptors (Lipinski definition) is 2. The van der Waals surface area contributed by atoms with E-state index in [9.17, 15) is 4.79 Å². The highest BCUT2D eigenvalue weighted by Gasteiger charge is 2.11. The largest absolute Gasteiger partial charge is 0.319 e. The lowest BCUT2D eigenvalue weighted by molar-refractivity contribution is 0.102. The van der Waals surface area contributed by atoms with Gasteiger partial charge in [-0.25, -0.2) is 4.98 Å². The fourth-order valence-corrected chi connectivity index (χ4v) is 2.73. The van der Waals surface area contributed by atoms with E-state index >= 15 is 0 Å². The number of nitrogens with one attached hydrogen (secondary N) is 1. The molecular weight excluding hydrogens is 419 g/mol. The molecule has 0 aliphatic rings. The first-order chi connectivity index (χ1) is 8.95. The Morgan fingerprint density at radius 3 is 2.53 bits per heavy atom. The van der Waals surface area contributed by atoms with Crippen molar-refractivity contribution in [1.82, 2.24) is 4.98 Å². The first-order valence-corrected chi connectivity index (χ1v) is 7.38. The molecule has 0 saturated carbocycles. The highest BCUT2D eigenvalue weighted by atomic mass is 79.9. The van der Waals surface area contributed by atoms with Crippen LogP contribution in [0.4, 0.5) is 5.69 Å². The Morgan fingerprint density at radius 1 is 1.11 bits per heavy atom. The van der Waals surface area contributed by atoms with Crippen molar-refractivity contribution in [3.63, 3.8) is 0 Å². The molecule has 1 aromatic carbocycles. The van der Waals surface area contributed by atoms with Gasteiger partial charge in [0, 0.05) is 25.7 Å². The lowest BCUT2D eigenvalue weighted by atomic mass is 10.2. The Kier molecular flexibility index (Phi) is 4.84. The van der Waals surface area contributed by atoms with Crippen LogP contribution in [0.1, 0.15) is 10.4 Å². The van der Waals surface area contributed by atoms with Crippen molar-refractivity contribution < 1.29 is 4.79 Å². The molecular formula is C12H6Br2Cl2N2O. The van der Waals surface area contributed by atoms with Crippen LogP contribution in [0.2, 0.25) is 10.2 Å². The quantitative estimate of drug-likeness (QED) is 0.676. The summed E-state index contributed by atoms with van der Waals surface area (Å²) < 4.78 is 1.45. The van der Waals surface area contributed by atoms with E-state index in [0.717, 1.165) is 8.95 Å². The number of rotatable bonds is 2. The standard InChI is InChI=1S/C12H6Br2Cl2N2O/c13-7-1-6(2-9(15)3-7)12(19)18-10-4-8(14)5-17-11(10)16/h1-5H,(H,18,19). The van der Waals surface area contributed by atoms with Crippen molar-refractivity contribution in [2.24, 2.45) is 0 Å². The van der Waals surface area contributed by atoms with Crippen LogP contribution in [0, 0.1) is 0 Å². The number of pyridine rings is 1. The van der Waals surface area contributed by atoms with Crippen molar-refractivity contribution in [1.29, 1.82) is 0 Å². The predicted molar refractivity (Wildman–Crippen MR) is 84.1 cm³/mol. The Bertz CT molecular complexity index is 629. The molecule has 2 rings (SSSR count). The SMILES string of the molecule is O=C(Nc1cc(Br)cnc1Cl)c1cc(Cl)cc(Br)c1. The maximum absolute atomic E-state index is 12.1. The maximum Gasteiger partial charge on any atom is 0.255 e. The lowest BCUT2D eigenvalue weighted by Gasteiger charge is -2.07. The number of benzene rings is 1. The summed E-state index contributed by atoms with van der Waals surface area (Å²) in [7, 11) is 0. The van der Waals surface area contributed by atoms with Gasteiger partial charge in [-0.15, -0.1) is 0 Å². The third-order valence-corrected chi connectivity index (χ3v) is 3.59. The molecule has 0 radical (unpaired) electrons. The smallest absolute Gasteiger partial charge is 0.255 e. The van der Waals surface area contributed by atoms with E-state index in [4.69, 9.17) is 23.2 Å². The van der Waals surface area contributed by atoms with Gasteiger partial charge in [-0.05, 0) is 40.2 Å². The second-order valence-corrected chi connectivity index (χ2v) is 6.23. The zero-order chi connectivity index (χ0) is 14.0. The molecule has 0 bridgehead atoms. The molecule has 7 heteroatoms. The lowest BCUT2D eigenvalue weighted by Crippen LogP contribution is -2.12. The minimum absolute atomic E-state index is 0.220. The van der Waals surface area contributed by atoms with E-state index in [1.165, 1.54) is 0 Å². The number of carbonyl (C=O) groups is 1. The molecule has 0 unspecified atom stereocenters. The van der Waals surface area contributed by atoms with Gasteiger partial charge in [-0.2, -0.15) is 0 Å². The van der Waals surface area contributed by atoms with Crippen molar-refractivity contribution in [2.45, 2.75) is 0 Å². The summed E-state index contributed by atoms with van der Waals surface area (Å²) in [6.45, 7) is 0. The van der Waals surface area contributed by atoms with Gasteiger partial charge < -0.3 is 5.32 Å². The van der Waals surface area contributed by atoms with Gasteiger partial charge >= 0.3 is 0 Å². The average molecular weight is 425 g/mol. The second kappa shape index (κ2) is 6.22. The van der Waals surface area contributed by atoms with Crippen molar-refractivity contribution in [3.05, 3.63) is 55.1 Å². The Hall–Kier alpha value is -0.620. The molecule has 0 aliphatic heterocycles. The molecule has 98 valence electrons. The monoisotopic (exact) mass is 422 g/mol. The van der Waals surface area contributed by atoms with E-state index in [1.807, 2.05) is 0 Å². The first kappa shape index (κ1) is 14.8. The van der Waals surface area contributed by atoms with E-state index in [-0.39, 0.29) is 11.1 Å². The maximum atomic E-state index is 12.1. The van der Waals surface area contributed by atoms with Gasteiger partial charge in [0.05, 0.1) is 5.69 Å². The molecule has 0 saturated heterocycles. The molecule has 0 atom stereocenters. The van der Waals surface area contributed by atoms with Crippen LogP contribution in [-0.4, -0.2) is 10.9 Å². The van der Waals surface area contributed by atoms with Crippen LogP contribution in [0.15, 0.2) is 39.4 Å². The minimum Gasteiger partial charge on any atom is -0.319 e. The molecule has 1 amide bonds. The van der Waals surface area contributed by atoms with Gasteiger partial charge in [-0.3, -0.25) is 4.79 Å². The molecule has 1 aromatic heterocycles. The van der Waals surface area contributed by atoms with Crippen LogP contribution in [0.3, 0.4) is 0 Å². The van der Waals surface area contributed by atoms with Crippen LogP contribution < -0.4 is 5.32 Å². The Labute approximate surface area is 136 Å². The normalized spacial score (nSPS) is 10.3. The van der Waals surface area contributed by atoms with Gasteiger partial charge in [-0.1, -0.05) is 39.1 Å². The van der Waals surface area contributed by atoms with E-state index in [1.54, 1.807) is 30.5 Å². The van der Waals surface area contributed by atoms with E-state index < -0.39 is 0 Å². The molecule has 19 heavy (non-hydrogen) atoms. The molecule has 0 spiro atoms. The molecule has 1 heterocycles. The summed E-state index contributed by atoms with van der Waals surface area (Å²) in [5.74, 6) is -0.315. The van der Waals surface area contributed by atoms with Crippen LogP contribution >= 0.6 is 55.1 Å². The molecule has 3 nitrogen and oxygen atoms in total. The summed E-state index contributed by atoms with van der Waals surface area (Å²) in [4.78, 5) is 16.0. The van der Waals surface area contributed by atoms with Crippen LogP contribution in [0.25, 0.3) is 0 Å². The van der Waals surface area contributed by atoms with Gasteiger partial charge in [0.1, 0.15) is 0 Å². The van der Waals surface area contributed by atoms with Crippen LogP contribution in [-0.2, 0) is 0 Å². The number of hydrogen-bond donors (Lipinski definition) is 1. The summed E-state index contributed by atoms with van der Waals surface area (Å²) in [6.07, 6.45) is 1.55. The summed E-state index contributed by atoms with van der Waals surface area (Å²) >= 11 is 18.4. The fraction of sp³-hybridized carbons (Fsp3) is 0. The van der Waals surface area contributed by atoms with Crippen molar-refractivity contribution in [2.75, 3.05) is 5.32 Å². The first-order valence-electron chi connectivity index (χ1n) is 5.04. The third-order valence-electron chi connectivity index (χ3n) is 2.18. The van der Waals surface area contributed by atoms with Gasteiger partial charge in [0.2, 0.25) is 0 Å². The number of amides is 1. The number of anilines is 1. The summed E-state index contributed by atoms with van der Waals surface area (Å²) in [6, 6.07) is 6.61. The summed E-state index contributed by atoms with van der Waals surface area (Å²) in [5.41, 5.74) is 0.854. The molecule has 0 fully saturated rings. The van der Waals surface area contributed by atoms with Crippen molar-refractivity contribution >= 4 is 66.7 Å². The highest BCUT2D eigenvalue weighted by Crippen LogP contribution is 2.25. The number of carbonyl (C=O) groups excluding carboxylic acids is 1. The average Bonchev–Trinajstić information content (AvgIpc) is 2.32. The minimum atomic E-state index is -0.315. The fourth-order valence-electron chi connectivity index (χ4n) is 1.39. The predicted octanol–water partition coefficient (Wildman–Crippen LogP) is 5.17. The number of halogens is 4.